The molecule has 7 nitrogen and oxygen atoms in total. The molecule has 0 fully saturated rings. The predicted molar refractivity (Wildman–Crippen MR) is 34.3 cm³/mol. The third-order valence-corrected chi connectivity index (χ3v) is 1.31. The number of aromatic nitrogens is 4. The van der Waals surface area contributed by atoms with Gasteiger partial charge in [0.2, 0.25) is 0 Å². The number of nitrogens with one attached hydrogen (secondary N) is 1. The summed E-state index contributed by atoms with van der Waals surface area (Å²) in [5.41, 5.74) is 0. The molecule has 0 unspecified atom stereocenters. The van der Waals surface area contributed by atoms with E-state index in [4.69, 9.17) is 5.21 Å². The first-order valence-corrected chi connectivity index (χ1v) is 3.00. The van der Waals surface area contributed by atoms with E-state index in [1.54, 1.807) is 11.1 Å². The highest BCUT2D eigenvalue weighted by Gasteiger charge is 2.14. The van der Waals surface area contributed by atoms with Crippen molar-refractivity contribution in [2.75, 3.05) is 11.6 Å². The molecule has 0 saturated heterocycles. The molecular weight excluding hydrogens is 148 g/mol. The van der Waals surface area contributed by atoms with E-state index in [0.717, 1.165) is 5.06 Å². The summed E-state index contributed by atoms with van der Waals surface area (Å²) < 4.78 is 0. The third-order valence-electron chi connectivity index (χ3n) is 1.31. The second kappa shape index (κ2) is 2.20. The minimum atomic E-state index is 0.333. The number of hydrogen-bond donors (Lipinski definition) is 2. The molecule has 0 atom stereocenters. The Kier molecular flexibility index (Phi) is 1.22. The Hall–Kier alpha value is -1.63. The van der Waals surface area contributed by atoms with Crippen molar-refractivity contribution in [2.24, 2.45) is 0 Å². The molecule has 2 N–H and O–H groups in total. The molecule has 1 aromatic heterocycles. The largest absolute Gasteiger partial charge is 0.292 e. The standard InChI is InChI=1S/C4H6N6O/c11-10-2-1-9(3-10)4-5-7-8-6-4/h1-2,11H,3H2,(H,5,6,7,8). The molecule has 0 spiro atoms. The Labute approximate surface area is 61.9 Å². The van der Waals surface area contributed by atoms with Gasteiger partial charge in [0.15, 0.2) is 0 Å². The van der Waals surface area contributed by atoms with Gasteiger partial charge in [-0.3, -0.25) is 10.1 Å². The van der Waals surface area contributed by atoms with Gasteiger partial charge in [0, 0.05) is 12.4 Å². The molecule has 0 bridgehead atoms. The van der Waals surface area contributed by atoms with Crippen LogP contribution < -0.4 is 4.90 Å². The molecule has 7 heteroatoms. The second-order valence-electron chi connectivity index (χ2n) is 2.06. The van der Waals surface area contributed by atoms with Crippen LogP contribution in [-0.4, -0.2) is 37.6 Å². The monoisotopic (exact) mass is 154 g/mol. The second-order valence-corrected chi connectivity index (χ2v) is 2.06. The fourth-order valence-corrected chi connectivity index (χ4v) is 0.816. The van der Waals surface area contributed by atoms with Gasteiger partial charge >= 0.3 is 0 Å². The zero-order chi connectivity index (χ0) is 7.68. The molecule has 0 saturated carbocycles. The van der Waals surface area contributed by atoms with Gasteiger partial charge in [-0.25, -0.2) is 5.06 Å². The van der Waals surface area contributed by atoms with Crippen LogP contribution >= 0.6 is 0 Å². The highest BCUT2D eigenvalue weighted by Crippen LogP contribution is 2.09. The Morgan fingerprint density at radius 2 is 2.45 bits per heavy atom. The number of anilines is 1. The van der Waals surface area contributed by atoms with Gasteiger partial charge < -0.3 is 0 Å². The van der Waals surface area contributed by atoms with Gasteiger partial charge in [-0.05, 0) is 5.21 Å². The lowest BCUT2D eigenvalue weighted by Crippen LogP contribution is -2.22. The smallest absolute Gasteiger partial charge is 0.271 e. The minimum absolute atomic E-state index is 0.333. The number of aromatic amines is 1. The maximum Gasteiger partial charge on any atom is 0.271 e. The van der Waals surface area contributed by atoms with Crippen LogP contribution in [0.3, 0.4) is 0 Å². The number of hydroxylamine groups is 2. The molecule has 2 heterocycles. The predicted octanol–water partition coefficient (Wildman–Crippen LogP) is -0.860. The summed E-state index contributed by atoms with van der Waals surface area (Å²) in [4.78, 5) is 1.64. The van der Waals surface area contributed by atoms with Crippen molar-refractivity contribution in [1.29, 1.82) is 0 Å². The Morgan fingerprint density at radius 3 is 3.00 bits per heavy atom. The van der Waals surface area contributed by atoms with Gasteiger partial charge in [-0.2, -0.15) is 5.21 Å². The Morgan fingerprint density at radius 1 is 1.55 bits per heavy atom. The van der Waals surface area contributed by atoms with Gasteiger partial charge in [-0.1, -0.05) is 5.10 Å². The van der Waals surface area contributed by atoms with Crippen LogP contribution in [0.2, 0.25) is 0 Å². The van der Waals surface area contributed by atoms with Crippen LogP contribution in [0, 0.1) is 0 Å². The summed E-state index contributed by atoms with van der Waals surface area (Å²) in [5, 5.41) is 23.1. The van der Waals surface area contributed by atoms with E-state index in [1.165, 1.54) is 6.20 Å². The highest BCUT2D eigenvalue weighted by molar-refractivity contribution is 5.33. The van der Waals surface area contributed by atoms with Crippen LogP contribution in [0.4, 0.5) is 5.95 Å². The van der Waals surface area contributed by atoms with E-state index in [0.29, 0.717) is 12.6 Å². The van der Waals surface area contributed by atoms with E-state index in [9.17, 15) is 0 Å². The van der Waals surface area contributed by atoms with Gasteiger partial charge in [0.1, 0.15) is 6.67 Å². The van der Waals surface area contributed by atoms with Crippen molar-refractivity contribution in [3.63, 3.8) is 0 Å². The normalized spacial score (nSPS) is 16.5. The summed E-state index contributed by atoms with van der Waals surface area (Å²) in [5.74, 6) is 0.442. The molecule has 0 aromatic carbocycles. The Balaban J connectivity index is 2.15. The fraction of sp³-hybridized carbons (Fsp3) is 0.250. The lowest BCUT2D eigenvalue weighted by atomic mass is 10.8. The zero-order valence-electron chi connectivity index (χ0n) is 5.55. The maximum absolute atomic E-state index is 8.92. The lowest BCUT2D eigenvalue weighted by Gasteiger charge is -2.10. The van der Waals surface area contributed by atoms with Crippen molar-refractivity contribution >= 4 is 5.95 Å². The molecular formula is C4H6N6O. The Bertz CT molecular complexity index is 256. The van der Waals surface area contributed by atoms with E-state index < -0.39 is 0 Å². The van der Waals surface area contributed by atoms with Crippen molar-refractivity contribution in [2.45, 2.75) is 0 Å². The van der Waals surface area contributed by atoms with E-state index in [1.807, 2.05) is 0 Å². The van der Waals surface area contributed by atoms with Gasteiger partial charge in [0.25, 0.3) is 5.95 Å². The first-order valence-electron chi connectivity index (χ1n) is 3.00. The third kappa shape index (κ3) is 1.01. The fourth-order valence-electron chi connectivity index (χ4n) is 0.816. The molecule has 58 valence electrons. The summed E-state index contributed by atoms with van der Waals surface area (Å²) in [6.45, 7) is 0.333. The molecule has 0 aliphatic carbocycles. The summed E-state index contributed by atoms with van der Waals surface area (Å²) in [7, 11) is 0. The topological polar surface area (TPSA) is 81.2 Å². The van der Waals surface area contributed by atoms with E-state index >= 15 is 0 Å². The summed E-state index contributed by atoms with van der Waals surface area (Å²) in [6, 6.07) is 0. The summed E-state index contributed by atoms with van der Waals surface area (Å²) >= 11 is 0. The molecule has 0 radical (unpaired) electrons. The molecule has 2 rings (SSSR count). The van der Waals surface area contributed by atoms with Crippen molar-refractivity contribution < 1.29 is 5.21 Å². The molecule has 1 aromatic rings. The highest BCUT2D eigenvalue weighted by atomic mass is 16.5. The minimum Gasteiger partial charge on any atom is -0.292 e. The van der Waals surface area contributed by atoms with Gasteiger partial charge in [-0.15, -0.1) is 5.10 Å². The SMILES string of the molecule is ON1C=CN(c2nn[nH]n2)C1. The number of tetrazole rings is 1. The van der Waals surface area contributed by atoms with Gasteiger partial charge in [0.05, 0.1) is 0 Å². The van der Waals surface area contributed by atoms with E-state index in [2.05, 4.69) is 20.6 Å². The first-order chi connectivity index (χ1) is 5.36. The van der Waals surface area contributed by atoms with E-state index in [-0.39, 0.29) is 0 Å². The van der Waals surface area contributed by atoms with Crippen LogP contribution in [-0.2, 0) is 0 Å². The number of H-pyrrole nitrogens is 1. The molecule has 1 aliphatic rings. The molecule has 1 aliphatic heterocycles. The van der Waals surface area contributed by atoms with Crippen LogP contribution in [0.25, 0.3) is 0 Å². The zero-order valence-corrected chi connectivity index (χ0v) is 5.55. The number of hydrogen-bond acceptors (Lipinski definition) is 6. The quantitative estimate of drug-likeness (QED) is 0.547. The molecule has 11 heavy (non-hydrogen) atoms. The first kappa shape index (κ1) is 6.10. The molecule has 0 amide bonds. The lowest BCUT2D eigenvalue weighted by molar-refractivity contribution is -0.0305. The average molecular weight is 154 g/mol. The summed E-state index contributed by atoms with van der Waals surface area (Å²) in [6.07, 6.45) is 3.17. The van der Waals surface area contributed by atoms with Crippen LogP contribution in [0.5, 0.6) is 0 Å². The van der Waals surface area contributed by atoms with Crippen molar-refractivity contribution in [3.05, 3.63) is 12.4 Å². The average Bonchev–Trinajstić information content (AvgIpc) is 2.55. The van der Waals surface area contributed by atoms with Crippen molar-refractivity contribution in [3.8, 4) is 0 Å². The van der Waals surface area contributed by atoms with Crippen LogP contribution in [0.15, 0.2) is 12.4 Å². The number of rotatable bonds is 1. The van der Waals surface area contributed by atoms with Crippen LogP contribution in [0.1, 0.15) is 0 Å². The number of nitrogens with zero attached hydrogens (tertiary/aromatic N) is 5. The van der Waals surface area contributed by atoms with Crippen molar-refractivity contribution in [1.82, 2.24) is 25.7 Å². The maximum atomic E-state index is 8.92.